The van der Waals surface area contributed by atoms with Crippen molar-refractivity contribution in [2.24, 2.45) is 0 Å². The van der Waals surface area contributed by atoms with Gasteiger partial charge in [-0.1, -0.05) is 11.6 Å². The van der Waals surface area contributed by atoms with Gasteiger partial charge in [0.05, 0.1) is 37.0 Å². The number of rotatable bonds is 6. The molecule has 0 aromatic heterocycles. The fraction of sp³-hybridized carbons (Fsp3) is 0.412. The van der Waals surface area contributed by atoms with Gasteiger partial charge in [0.1, 0.15) is 0 Å². The van der Waals surface area contributed by atoms with E-state index in [0.29, 0.717) is 40.0 Å². The highest BCUT2D eigenvalue weighted by Crippen LogP contribution is 2.40. The predicted molar refractivity (Wildman–Crippen MR) is 92.9 cm³/mol. The first kappa shape index (κ1) is 18.9. The lowest BCUT2D eigenvalue weighted by Gasteiger charge is -2.28. The summed E-state index contributed by atoms with van der Waals surface area (Å²) in [6.07, 6.45) is 0. The Morgan fingerprint density at radius 2 is 2.00 bits per heavy atom. The molecule has 1 aromatic carbocycles. The van der Waals surface area contributed by atoms with E-state index in [2.05, 4.69) is 10.6 Å². The van der Waals surface area contributed by atoms with Crippen LogP contribution >= 0.6 is 11.6 Å². The molecule has 2 amide bonds. The molecule has 0 saturated heterocycles. The van der Waals surface area contributed by atoms with E-state index < -0.39 is 18.0 Å². The molecule has 0 radical (unpaired) electrons. The number of nitrogens with one attached hydrogen (secondary N) is 2. The minimum Gasteiger partial charge on any atom is -0.491 e. The SMILES string of the molecule is CCOC(=O)C1=C(C)NC(=O)N[C@H]1c1cc(Cl)c(OC)c(OCC)c1. The average molecular weight is 369 g/mol. The standard InChI is InChI=1S/C17H21ClN2O5/c1-5-24-12-8-10(7-11(18)15(12)23-4)14-13(16(21)25-6-2)9(3)19-17(22)20-14/h7-8,14H,5-6H2,1-4H3,(H2,19,20,22)/t14-/m0/s1. The topological polar surface area (TPSA) is 85.9 Å². The number of urea groups is 1. The minimum atomic E-state index is -0.713. The van der Waals surface area contributed by atoms with Crippen molar-refractivity contribution in [2.75, 3.05) is 20.3 Å². The van der Waals surface area contributed by atoms with Crippen molar-refractivity contribution in [1.29, 1.82) is 0 Å². The van der Waals surface area contributed by atoms with Crippen LogP contribution in [0.5, 0.6) is 11.5 Å². The first-order chi connectivity index (χ1) is 11.9. The van der Waals surface area contributed by atoms with Gasteiger partial charge in [-0.05, 0) is 38.5 Å². The molecule has 25 heavy (non-hydrogen) atoms. The number of ether oxygens (including phenoxy) is 3. The zero-order valence-corrected chi connectivity index (χ0v) is 15.3. The van der Waals surface area contributed by atoms with E-state index in [4.69, 9.17) is 25.8 Å². The van der Waals surface area contributed by atoms with Gasteiger partial charge < -0.3 is 24.8 Å². The maximum Gasteiger partial charge on any atom is 0.338 e. The Morgan fingerprint density at radius 3 is 2.60 bits per heavy atom. The average Bonchev–Trinajstić information content (AvgIpc) is 2.54. The second-order valence-electron chi connectivity index (χ2n) is 5.26. The van der Waals surface area contributed by atoms with Gasteiger partial charge in [-0.3, -0.25) is 0 Å². The lowest BCUT2D eigenvalue weighted by molar-refractivity contribution is -0.139. The molecule has 7 nitrogen and oxygen atoms in total. The second-order valence-corrected chi connectivity index (χ2v) is 5.66. The highest BCUT2D eigenvalue weighted by atomic mass is 35.5. The van der Waals surface area contributed by atoms with Gasteiger partial charge in [-0.25, -0.2) is 9.59 Å². The zero-order chi connectivity index (χ0) is 18.6. The van der Waals surface area contributed by atoms with Crippen LogP contribution in [0.2, 0.25) is 5.02 Å². The molecule has 0 spiro atoms. The van der Waals surface area contributed by atoms with Crippen molar-refractivity contribution in [3.05, 3.63) is 34.0 Å². The van der Waals surface area contributed by atoms with Crippen LogP contribution in [-0.4, -0.2) is 32.3 Å². The maximum atomic E-state index is 12.4. The van der Waals surface area contributed by atoms with E-state index in [0.717, 1.165) is 0 Å². The monoisotopic (exact) mass is 368 g/mol. The largest absolute Gasteiger partial charge is 0.491 e. The van der Waals surface area contributed by atoms with Crippen LogP contribution in [0.4, 0.5) is 4.79 Å². The van der Waals surface area contributed by atoms with Crippen molar-refractivity contribution >= 4 is 23.6 Å². The Balaban J connectivity index is 2.55. The Labute approximate surface area is 151 Å². The molecule has 2 rings (SSSR count). The van der Waals surface area contributed by atoms with E-state index in [-0.39, 0.29) is 6.61 Å². The van der Waals surface area contributed by atoms with E-state index in [1.165, 1.54) is 7.11 Å². The molecule has 1 aliphatic heterocycles. The molecule has 8 heteroatoms. The normalized spacial score (nSPS) is 16.8. The number of halogens is 1. The number of methoxy groups -OCH3 is 1. The molecule has 1 aliphatic rings. The van der Waals surface area contributed by atoms with Gasteiger partial charge in [-0.15, -0.1) is 0 Å². The van der Waals surface area contributed by atoms with Crippen LogP contribution in [0.25, 0.3) is 0 Å². The number of carbonyl (C=O) groups excluding carboxylic acids is 2. The molecular weight excluding hydrogens is 348 g/mol. The minimum absolute atomic E-state index is 0.226. The first-order valence-corrected chi connectivity index (χ1v) is 8.26. The number of hydrogen-bond donors (Lipinski definition) is 2. The van der Waals surface area contributed by atoms with E-state index >= 15 is 0 Å². The van der Waals surface area contributed by atoms with E-state index in [1.807, 2.05) is 6.92 Å². The Morgan fingerprint density at radius 1 is 1.28 bits per heavy atom. The van der Waals surface area contributed by atoms with Crippen molar-refractivity contribution in [2.45, 2.75) is 26.8 Å². The molecular formula is C17H21ClN2O5. The molecule has 0 bridgehead atoms. The molecule has 1 aromatic rings. The van der Waals surface area contributed by atoms with Gasteiger partial charge in [0.2, 0.25) is 0 Å². The van der Waals surface area contributed by atoms with Gasteiger partial charge in [0.15, 0.2) is 11.5 Å². The Bertz CT molecular complexity index is 717. The predicted octanol–water partition coefficient (Wildman–Crippen LogP) is 2.94. The summed E-state index contributed by atoms with van der Waals surface area (Å²) in [5.41, 5.74) is 1.33. The lowest BCUT2D eigenvalue weighted by atomic mass is 9.95. The molecule has 1 atom stereocenters. The third kappa shape index (κ3) is 3.99. The Kier molecular flexibility index (Phi) is 6.14. The quantitative estimate of drug-likeness (QED) is 0.754. The summed E-state index contributed by atoms with van der Waals surface area (Å²) < 4.78 is 15.9. The van der Waals surface area contributed by atoms with E-state index in [9.17, 15) is 9.59 Å². The fourth-order valence-corrected chi connectivity index (χ4v) is 2.94. The summed E-state index contributed by atoms with van der Waals surface area (Å²) in [5.74, 6) is 0.314. The number of allylic oxidation sites excluding steroid dienone is 1. The second kappa shape index (κ2) is 8.11. The fourth-order valence-electron chi connectivity index (χ4n) is 2.64. The third-order valence-corrected chi connectivity index (χ3v) is 3.91. The first-order valence-electron chi connectivity index (χ1n) is 7.88. The van der Waals surface area contributed by atoms with Crippen molar-refractivity contribution in [1.82, 2.24) is 10.6 Å². The number of esters is 1. The van der Waals surface area contributed by atoms with Crippen LogP contribution < -0.4 is 20.1 Å². The zero-order valence-electron chi connectivity index (χ0n) is 14.6. The van der Waals surface area contributed by atoms with Crippen molar-refractivity contribution < 1.29 is 23.8 Å². The van der Waals surface area contributed by atoms with E-state index in [1.54, 1.807) is 26.0 Å². The summed E-state index contributed by atoms with van der Waals surface area (Å²) in [6, 6.07) is 2.19. The third-order valence-electron chi connectivity index (χ3n) is 3.63. The van der Waals surface area contributed by atoms with Crippen molar-refractivity contribution in [3.8, 4) is 11.5 Å². The smallest absolute Gasteiger partial charge is 0.338 e. The molecule has 0 unspecified atom stereocenters. The van der Waals surface area contributed by atoms with Gasteiger partial charge >= 0.3 is 12.0 Å². The lowest BCUT2D eigenvalue weighted by Crippen LogP contribution is -2.45. The number of hydrogen-bond acceptors (Lipinski definition) is 5. The van der Waals surface area contributed by atoms with Crippen LogP contribution in [0.1, 0.15) is 32.4 Å². The summed E-state index contributed by atoms with van der Waals surface area (Å²) >= 11 is 6.29. The molecule has 2 N–H and O–H groups in total. The molecule has 0 aliphatic carbocycles. The summed E-state index contributed by atoms with van der Waals surface area (Å²) in [4.78, 5) is 24.3. The number of amides is 2. The van der Waals surface area contributed by atoms with Gasteiger partial charge in [0, 0.05) is 5.70 Å². The summed E-state index contributed by atoms with van der Waals surface area (Å²) in [5, 5.41) is 5.62. The molecule has 0 fully saturated rings. The number of benzene rings is 1. The van der Waals surface area contributed by atoms with Gasteiger partial charge in [-0.2, -0.15) is 0 Å². The van der Waals surface area contributed by atoms with Crippen LogP contribution in [-0.2, 0) is 9.53 Å². The highest BCUT2D eigenvalue weighted by Gasteiger charge is 2.33. The van der Waals surface area contributed by atoms with Gasteiger partial charge in [0.25, 0.3) is 0 Å². The van der Waals surface area contributed by atoms with Crippen LogP contribution in [0.15, 0.2) is 23.4 Å². The Hall–Kier alpha value is -2.41. The highest BCUT2D eigenvalue weighted by molar-refractivity contribution is 6.32. The molecule has 0 saturated carbocycles. The van der Waals surface area contributed by atoms with Crippen molar-refractivity contribution in [3.63, 3.8) is 0 Å². The van der Waals surface area contributed by atoms with Crippen LogP contribution in [0.3, 0.4) is 0 Å². The van der Waals surface area contributed by atoms with Crippen LogP contribution in [0, 0.1) is 0 Å². The molecule has 136 valence electrons. The summed E-state index contributed by atoms with van der Waals surface area (Å²) in [7, 11) is 1.49. The number of carbonyl (C=O) groups is 2. The molecule has 1 heterocycles. The maximum absolute atomic E-state index is 12.4. The summed E-state index contributed by atoms with van der Waals surface area (Å²) in [6.45, 7) is 5.83.